The molecule has 0 atom stereocenters. The fraction of sp³-hybridized carbons (Fsp3) is 0.818. The smallest absolute Gasteiger partial charge is 0.221 e. The number of carbonyl (C=O) groups excluding carboxylic acids is 2. The van der Waals surface area contributed by atoms with Gasteiger partial charge in [-0.25, -0.2) is 0 Å². The normalized spacial score (nSPS) is 11.0. The molecule has 0 unspecified atom stereocenters. The van der Waals surface area contributed by atoms with Crippen LogP contribution in [0.1, 0.15) is 40.0 Å². The Balaban J connectivity index is 3.58. The van der Waals surface area contributed by atoms with E-state index in [0.717, 1.165) is 6.42 Å². The fourth-order valence-electron chi connectivity index (χ4n) is 1.14. The van der Waals surface area contributed by atoms with Gasteiger partial charge < -0.3 is 16.4 Å². The molecule has 0 saturated heterocycles. The molecule has 0 saturated carbocycles. The van der Waals surface area contributed by atoms with Crippen LogP contribution in [0.5, 0.6) is 0 Å². The van der Waals surface area contributed by atoms with Gasteiger partial charge in [0, 0.05) is 31.5 Å². The van der Waals surface area contributed by atoms with Crippen molar-refractivity contribution in [2.45, 2.75) is 45.6 Å². The molecular weight excluding hydrogens is 206 g/mol. The van der Waals surface area contributed by atoms with Gasteiger partial charge in [-0.1, -0.05) is 6.92 Å². The zero-order chi connectivity index (χ0) is 12.6. The fourth-order valence-corrected chi connectivity index (χ4v) is 1.14. The van der Waals surface area contributed by atoms with Crippen molar-refractivity contribution >= 4 is 11.8 Å². The van der Waals surface area contributed by atoms with E-state index in [9.17, 15) is 9.59 Å². The van der Waals surface area contributed by atoms with Crippen LogP contribution in [0.4, 0.5) is 0 Å². The molecular formula is C11H23N3O2. The van der Waals surface area contributed by atoms with Crippen LogP contribution >= 0.6 is 0 Å². The summed E-state index contributed by atoms with van der Waals surface area (Å²) in [4.78, 5) is 22.5. The third kappa shape index (κ3) is 9.45. The van der Waals surface area contributed by atoms with E-state index in [1.54, 1.807) is 13.8 Å². The van der Waals surface area contributed by atoms with Crippen molar-refractivity contribution in [3.05, 3.63) is 0 Å². The highest BCUT2D eigenvalue weighted by Crippen LogP contribution is 2.02. The molecule has 5 nitrogen and oxygen atoms in total. The highest BCUT2D eigenvalue weighted by atomic mass is 16.2. The number of carbonyl (C=O) groups is 2. The van der Waals surface area contributed by atoms with Crippen LogP contribution in [0.3, 0.4) is 0 Å². The molecule has 0 aliphatic rings. The van der Waals surface area contributed by atoms with Crippen LogP contribution in [-0.4, -0.2) is 30.4 Å². The molecule has 5 heteroatoms. The molecule has 0 aliphatic heterocycles. The monoisotopic (exact) mass is 229 g/mol. The molecule has 16 heavy (non-hydrogen) atoms. The lowest BCUT2D eigenvalue weighted by Crippen LogP contribution is -2.40. The lowest BCUT2D eigenvalue weighted by Gasteiger charge is -2.17. The summed E-state index contributed by atoms with van der Waals surface area (Å²) < 4.78 is 0. The summed E-state index contributed by atoms with van der Waals surface area (Å²) >= 11 is 0. The van der Waals surface area contributed by atoms with Gasteiger partial charge >= 0.3 is 0 Å². The van der Waals surface area contributed by atoms with Gasteiger partial charge in [-0.2, -0.15) is 0 Å². The topological polar surface area (TPSA) is 84.2 Å². The summed E-state index contributed by atoms with van der Waals surface area (Å²) in [6.45, 7) is 6.62. The van der Waals surface area contributed by atoms with Crippen LogP contribution in [0, 0.1) is 0 Å². The lowest BCUT2D eigenvalue weighted by molar-refractivity contribution is -0.122. The van der Waals surface area contributed by atoms with E-state index in [4.69, 9.17) is 5.73 Å². The summed E-state index contributed by atoms with van der Waals surface area (Å²) in [7, 11) is 0. The Labute approximate surface area is 97.2 Å². The van der Waals surface area contributed by atoms with Gasteiger partial charge in [-0.05, 0) is 20.3 Å². The molecule has 4 N–H and O–H groups in total. The van der Waals surface area contributed by atoms with E-state index < -0.39 is 5.54 Å². The minimum Gasteiger partial charge on any atom is -0.356 e. The quantitative estimate of drug-likeness (QED) is 0.581. The van der Waals surface area contributed by atoms with Crippen molar-refractivity contribution in [2.24, 2.45) is 5.73 Å². The molecule has 0 aromatic carbocycles. The predicted octanol–water partition coefficient (Wildman–Crippen LogP) is 0.146. The first kappa shape index (κ1) is 14.9. The summed E-state index contributed by atoms with van der Waals surface area (Å²) in [6.07, 6.45) is 1.50. The average Bonchev–Trinajstić information content (AvgIpc) is 2.11. The van der Waals surface area contributed by atoms with E-state index in [1.165, 1.54) is 0 Å². The number of hydrogen-bond acceptors (Lipinski definition) is 3. The Bertz CT molecular complexity index is 234. The third-order valence-electron chi connectivity index (χ3n) is 1.86. The second kappa shape index (κ2) is 7.22. The highest BCUT2D eigenvalue weighted by Gasteiger charge is 2.15. The lowest BCUT2D eigenvalue weighted by atomic mass is 10.0. The SMILES string of the molecule is CCCNC(=O)CCNC(=O)CC(C)(C)N. The van der Waals surface area contributed by atoms with E-state index in [-0.39, 0.29) is 18.2 Å². The number of nitrogens with one attached hydrogen (secondary N) is 2. The Kier molecular flexibility index (Phi) is 6.72. The largest absolute Gasteiger partial charge is 0.356 e. The second-order valence-electron chi connectivity index (χ2n) is 4.62. The number of nitrogens with two attached hydrogens (primary N) is 1. The van der Waals surface area contributed by atoms with Crippen molar-refractivity contribution < 1.29 is 9.59 Å². The molecule has 0 spiro atoms. The van der Waals surface area contributed by atoms with Gasteiger partial charge in [0.05, 0.1) is 0 Å². The number of amides is 2. The average molecular weight is 229 g/mol. The Morgan fingerprint density at radius 3 is 2.19 bits per heavy atom. The molecule has 0 aromatic rings. The van der Waals surface area contributed by atoms with Gasteiger partial charge in [0.2, 0.25) is 11.8 Å². The highest BCUT2D eigenvalue weighted by molar-refractivity contribution is 5.79. The van der Waals surface area contributed by atoms with Crippen LogP contribution < -0.4 is 16.4 Å². The molecule has 0 bridgehead atoms. The van der Waals surface area contributed by atoms with Crippen molar-refractivity contribution in [3.8, 4) is 0 Å². The van der Waals surface area contributed by atoms with Crippen molar-refractivity contribution in [2.75, 3.05) is 13.1 Å². The van der Waals surface area contributed by atoms with Crippen molar-refractivity contribution in [1.29, 1.82) is 0 Å². The number of rotatable bonds is 7. The van der Waals surface area contributed by atoms with Gasteiger partial charge in [0.15, 0.2) is 0 Å². The van der Waals surface area contributed by atoms with E-state index >= 15 is 0 Å². The molecule has 0 radical (unpaired) electrons. The Morgan fingerprint density at radius 1 is 1.12 bits per heavy atom. The molecule has 0 fully saturated rings. The standard InChI is InChI=1S/C11H23N3O2/c1-4-6-13-9(15)5-7-14-10(16)8-11(2,3)12/h4-8,12H2,1-3H3,(H,13,15)(H,14,16). The van der Waals surface area contributed by atoms with Crippen LogP contribution in [0.2, 0.25) is 0 Å². The third-order valence-corrected chi connectivity index (χ3v) is 1.86. The zero-order valence-electron chi connectivity index (χ0n) is 10.4. The first-order valence-corrected chi connectivity index (χ1v) is 5.67. The molecule has 94 valence electrons. The maximum Gasteiger partial charge on any atom is 0.221 e. The molecule has 0 rings (SSSR count). The molecule has 2 amide bonds. The molecule has 0 aliphatic carbocycles. The van der Waals surface area contributed by atoms with Crippen molar-refractivity contribution in [3.63, 3.8) is 0 Å². The van der Waals surface area contributed by atoms with E-state index in [0.29, 0.717) is 19.5 Å². The van der Waals surface area contributed by atoms with Crippen molar-refractivity contribution in [1.82, 2.24) is 10.6 Å². The minimum absolute atomic E-state index is 0.0332. The van der Waals surface area contributed by atoms with Gasteiger partial charge in [0.25, 0.3) is 0 Å². The van der Waals surface area contributed by atoms with Crippen LogP contribution in [0.25, 0.3) is 0 Å². The first-order chi connectivity index (χ1) is 7.35. The van der Waals surface area contributed by atoms with E-state index in [1.807, 2.05) is 6.92 Å². The molecule has 0 heterocycles. The first-order valence-electron chi connectivity index (χ1n) is 5.67. The predicted molar refractivity (Wildman–Crippen MR) is 63.8 cm³/mol. The van der Waals surface area contributed by atoms with Gasteiger partial charge in [0.1, 0.15) is 0 Å². The summed E-state index contributed by atoms with van der Waals surface area (Å²) in [5.74, 6) is -0.148. The second-order valence-corrected chi connectivity index (χ2v) is 4.62. The number of hydrogen-bond donors (Lipinski definition) is 3. The van der Waals surface area contributed by atoms with Gasteiger partial charge in [-0.3, -0.25) is 9.59 Å². The zero-order valence-corrected chi connectivity index (χ0v) is 10.4. The van der Waals surface area contributed by atoms with E-state index in [2.05, 4.69) is 10.6 Å². The maximum absolute atomic E-state index is 11.3. The van der Waals surface area contributed by atoms with Gasteiger partial charge in [-0.15, -0.1) is 0 Å². The van der Waals surface area contributed by atoms with Crippen LogP contribution in [0.15, 0.2) is 0 Å². The summed E-state index contributed by atoms with van der Waals surface area (Å²) in [5, 5.41) is 5.41. The summed E-state index contributed by atoms with van der Waals surface area (Å²) in [5.41, 5.74) is 5.19. The molecule has 0 aromatic heterocycles. The minimum atomic E-state index is -0.505. The maximum atomic E-state index is 11.3. The van der Waals surface area contributed by atoms with Crippen LogP contribution in [-0.2, 0) is 9.59 Å². The Hall–Kier alpha value is -1.10. The summed E-state index contributed by atoms with van der Waals surface area (Å²) in [6, 6.07) is 0. The Morgan fingerprint density at radius 2 is 1.69 bits per heavy atom.